The Hall–Kier alpha value is -0.380. The standard InChI is InChI=1S/C18H25BrN2/c19-16-3-1-12(2-4-16)8-17(21-20)18-9-13-5-14(10-18)7-15(6-13)11-18/h1-4,13-15,17,21H,5-11,20H2. The molecule has 4 bridgehead atoms. The van der Waals surface area contributed by atoms with Gasteiger partial charge in [0.05, 0.1) is 0 Å². The number of halogens is 1. The van der Waals surface area contributed by atoms with E-state index in [-0.39, 0.29) is 0 Å². The monoisotopic (exact) mass is 348 g/mol. The Labute approximate surface area is 136 Å². The SMILES string of the molecule is NNC(Cc1ccc(Br)cc1)C12CC3CC(CC(C3)C1)C2. The molecular formula is C18H25BrN2. The first-order valence-corrected chi connectivity index (χ1v) is 9.17. The van der Waals surface area contributed by atoms with E-state index in [1.807, 2.05) is 0 Å². The third kappa shape index (κ3) is 2.58. The second kappa shape index (κ2) is 5.36. The van der Waals surface area contributed by atoms with Crippen LogP contribution < -0.4 is 11.3 Å². The summed E-state index contributed by atoms with van der Waals surface area (Å²) in [4.78, 5) is 0. The van der Waals surface area contributed by atoms with E-state index in [0.29, 0.717) is 11.5 Å². The smallest absolute Gasteiger partial charge is 0.0307 e. The van der Waals surface area contributed by atoms with Crippen LogP contribution in [0.3, 0.4) is 0 Å². The number of hydrogen-bond donors (Lipinski definition) is 2. The molecule has 0 aliphatic heterocycles. The van der Waals surface area contributed by atoms with Crippen molar-refractivity contribution in [1.82, 2.24) is 5.43 Å². The molecule has 1 unspecified atom stereocenters. The Balaban J connectivity index is 1.56. The molecule has 0 spiro atoms. The molecule has 0 heterocycles. The molecule has 4 aliphatic carbocycles. The maximum absolute atomic E-state index is 6.01. The second-order valence-electron chi connectivity index (χ2n) is 7.83. The zero-order valence-corrected chi connectivity index (χ0v) is 14.1. The van der Waals surface area contributed by atoms with Crippen LogP contribution in [0, 0.1) is 23.2 Å². The molecular weight excluding hydrogens is 324 g/mol. The highest BCUT2D eigenvalue weighted by molar-refractivity contribution is 9.10. The molecule has 0 radical (unpaired) electrons. The van der Waals surface area contributed by atoms with Gasteiger partial charge in [-0.2, -0.15) is 0 Å². The van der Waals surface area contributed by atoms with Crippen molar-refractivity contribution in [1.29, 1.82) is 0 Å². The summed E-state index contributed by atoms with van der Waals surface area (Å²) in [5.41, 5.74) is 5.08. The Bertz CT molecular complexity index is 475. The lowest BCUT2D eigenvalue weighted by molar-refractivity contribution is -0.0737. The molecule has 4 fully saturated rings. The van der Waals surface area contributed by atoms with E-state index < -0.39 is 0 Å². The summed E-state index contributed by atoms with van der Waals surface area (Å²) in [6.07, 6.45) is 9.77. The summed E-state index contributed by atoms with van der Waals surface area (Å²) in [7, 11) is 0. The van der Waals surface area contributed by atoms with Crippen LogP contribution in [0.5, 0.6) is 0 Å². The Morgan fingerprint density at radius 2 is 1.57 bits per heavy atom. The van der Waals surface area contributed by atoms with E-state index in [4.69, 9.17) is 5.84 Å². The van der Waals surface area contributed by atoms with Gasteiger partial charge < -0.3 is 0 Å². The number of benzene rings is 1. The Morgan fingerprint density at radius 3 is 2.05 bits per heavy atom. The van der Waals surface area contributed by atoms with Gasteiger partial charge in [-0.05, 0) is 85.8 Å². The number of hydrogen-bond acceptors (Lipinski definition) is 2. The van der Waals surface area contributed by atoms with E-state index in [0.717, 1.165) is 28.6 Å². The average molecular weight is 349 g/mol. The third-order valence-electron chi connectivity index (χ3n) is 6.38. The summed E-state index contributed by atoms with van der Waals surface area (Å²) in [5, 5.41) is 0. The predicted molar refractivity (Wildman–Crippen MR) is 89.6 cm³/mol. The molecule has 2 nitrogen and oxygen atoms in total. The second-order valence-corrected chi connectivity index (χ2v) is 8.75. The van der Waals surface area contributed by atoms with Gasteiger partial charge >= 0.3 is 0 Å². The average Bonchev–Trinajstić information content (AvgIpc) is 2.45. The fraction of sp³-hybridized carbons (Fsp3) is 0.667. The number of rotatable bonds is 4. The van der Waals surface area contributed by atoms with E-state index in [2.05, 4.69) is 45.6 Å². The lowest BCUT2D eigenvalue weighted by Gasteiger charge is -2.59. The molecule has 3 heteroatoms. The van der Waals surface area contributed by atoms with Crippen LogP contribution in [0.25, 0.3) is 0 Å². The van der Waals surface area contributed by atoms with Crippen LogP contribution >= 0.6 is 15.9 Å². The van der Waals surface area contributed by atoms with Crippen LogP contribution in [-0.4, -0.2) is 6.04 Å². The molecule has 0 saturated heterocycles. The molecule has 4 saturated carbocycles. The van der Waals surface area contributed by atoms with Gasteiger partial charge in [-0.3, -0.25) is 11.3 Å². The number of hydrazine groups is 1. The van der Waals surface area contributed by atoms with E-state index in [1.54, 1.807) is 0 Å². The van der Waals surface area contributed by atoms with Crippen molar-refractivity contribution >= 4 is 15.9 Å². The molecule has 3 N–H and O–H groups in total. The van der Waals surface area contributed by atoms with Crippen molar-refractivity contribution in [3.63, 3.8) is 0 Å². The summed E-state index contributed by atoms with van der Waals surface area (Å²) in [5.74, 6) is 8.96. The zero-order valence-electron chi connectivity index (χ0n) is 12.5. The Kier molecular flexibility index (Phi) is 3.63. The molecule has 1 atom stereocenters. The minimum absolute atomic E-state index is 0.437. The lowest BCUT2D eigenvalue weighted by Crippen LogP contribution is -2.58. The number of nitrogens with one attached hydrogen (secondary N) is 1. The highest BCUT2D eigenvalue weighted by atomic mass is 79.9. The minimum atomic E-state index is 0.437. The van der Waals surface area contributed by atoms with Crippen molar-refractivity contribution in [3.8, 4) is 0 Å². The van der Waals surface area contributed by atoms with Gasteiger partial charge in [0.25, 0.3) is 0 Å². The van der Waals surface area contributed by atoms with Crippen molar-refractivity contribution < 1.29 is 0 Å². The van der Waals surface area contributed by atoms with Crippen LogP contribution in [0.2, 0.25) is 0 Å². The highest BCUT2D eigenvalue weighted by Crippen LogP contribution is 2.61. The van der Waals surface area contributed by atoms with Gasteiger partial charge in [-0.25, -0.2) is 0 Å². The molecule has 1 aromatic carbocycles. The normalized spacial score (nSPS) is 38.7. The molecule has 0 amide bonds. The zero-order chi connectivity index (χ0) is 14.4. The van der Waals surface area contributed by atoms with Crippen molar-refractivity contribution in [2.45, 2.75) is 51.0 Å². The van der Waals surface area contributed by atoms with E-state index >= 15 is 0 Å². The fourth-order valence-electron chi connectivity index (χ4n) is 5.91. The fourth-order valence-corrected chi connectivity index (χ4v) is 6.18. The van der Waals surface area contributed by atoms with Crippen LogP contribution in [0.15, 0.2) is 28.7 Å². The third-order valence-corrected chi connectivity index (χ3v) is 6.91. The summed E-state index contributed by atoms with van der Waals surface area (Å²) < 4.78 is 1.15. The molecule has 21 heavy (non-hydrogen) atoms. The van der Waals surface area contributed by atoms with Crippen molar-refractivity contribution in [2.24, 2.45) is 29.0 Å². The topological polar surface area (TPSA) is 38.0 Å². The quantitative estimate of drug-likeness (QED) is 0.636. The molecule has 114 valence electrons. The van der Waals surface area contributed by atoms with Crippen molar-refractivity contribution in [2.75, 3.05) is 0 Å². The van der Waals surface area contributed by atoms with Crippen molar-refractivity contribution in [3.05, 3.63) is 34.3 Å². The first-order chi connectivity index (χ1) is 10.2. The van der Waals surface area contributed by atoms with Crippen LogP contribution in [-0.2, 0) is 6.42 Å². The molecule has 1 aromatic rings. The van der Waals surface area contributed by atoms with Gasteiger partial charge in [0, 0.05) is 10.5 Å². The summed E-state index contributed by atoms with van der Waals surface area (Å²) in [6.45, 7) is 0. The Morgan fingerprint density at radius 1 is 1.05 bits per heavy atom. The molecule has 5 rings (SSSR count). The molecule has 4 aliphatic rings. The lowest BCUT2D eigenvalue weighted by atomic mass is 9.47. The largest absolute Gasteiger partial charge is 0.271 e. The number of nitrogens with two attached hydrogens (primary N) is 1. The van der Waals surface area contributed by atoms with Gasteiger partial charge in [-0.15, -0.1) is 0 Å². The summed E-state index contributed by atoms with van der Waals surface area (Å²) >= 11 is 3.52. The van der Waals surface area contributed by atoms with E-state index in [1.165, 1.54) is 44.1 Å². The highest BCUT2D eigenvalue weighted by Gasteiger charge is 2.53. The van der Waals surface area contributed by atoms with Gasteiger partial charge in [0.1, 0.15) is 0 Å². The van der Waals surface area contributed by atoms with Gasteiger partial charge in [-0.1, -0.05) is 28.1 Å². The predicted octanol–water partition coefficient (Wildman–Crippen LogP) is 4.04. The van der Waals surface area contributed by atoms with E-state index in [9.17, 15) is 0 Å². The van der Waals surface area contributed by atoms with Crippen LogP contribution in [0.1, 0.15) is 44.1 Å². The summed E-state index contributed by atoms with van der Waals surface area (Å²) in [6, 6.07) is 9.18. The maximum Gasteiger partial charge on any atom is 0.0307 e. The minimum Gasteiger partial charge on any atom is -0.271 e. The first-order valence-electron chi connectivity index (χ1n) is 8.37. The van der Waals surface area contributed by atoms with Gasteiger partial charge in [0.15, 0.2) is 0 Å². The molecule has 0 aromatic heterocycles. The maximum atomic E-state index is 6.01. The van der Waals surface area contributed by atoms with Gasteiger partial charge in [0.2, 0.25) is 0 Å². The first kappa shape index (κ1) is 14.2. The van der Waals surface area contributed by atoms with Crippen LogP contribution in [0.4, 0.5) is 0 Å².